The van der Waals surface area contributed by atoms with Crippen LogP contribution in [-0.4, -0.2) is 13.0 Å². The predicted octanol–water partition coefficient (Wildman–Crippen LogP) is 2.01. The molecule has 0 spiro atoms. The molecule has 15 heavy (non-hydrogen) atoms. The number of benzene rings is 1. The molecule has 0 heterocycles. The first kappa shape index (κ1) is 11.2. The molecule has 0 saturated heterocycles. The van der Waals surface area contributed by atoms with E-state index in [1.807, 2.05) is 6.07 Å². The molecule has 0 aliphatic rings. The van der Waals surface area contributed by atoms with E-state index in [-0.39, 0.29) is 6.42 Å². The van der Waals surface area contributed by atoms with Gasteiger partial charge in [-0.05, 0) is 23.8 Å². The van der Waals surface area contributed by atoms with Crippen molar-refractivity contribution in [3.63, 3.8) is 0 Å². The quantitative estimate of drug-likeness (QED) is 0.749. The predicted molar refractivity (Wildman–Crippen MR) is 54.7 cm³/mol. The van der Waals surface area contributed by atoms with Crippen LogP contribution in [0.5, 0.6) is 0 Å². The highest BCUT2D eigenvalue weighted by Gasteiger charge is 2.04. The van der Waals surface area contributed by atoms with E-state index in [1.165, 1.54) is 0 Å². The Bertz CT molecular complexity index is 371. The average Bonchev–Trinajstić information content (AvgIpc) is 2.19. The zero-order valence-corrected chi connectivity index (χ0v) is 8.00. The third-order valence-electron chi connectivity index (χ3n) is 1.87. The van der Waals surface area contributed by atoms with E-state index in [4.69, 9.17) is 11.0 Å². The summed E-state index contributed by atoms with van der Waals surface area (Å²) in [4.78, 5) is 0. The van der Waals surface area contributed by atoms with Crippen LogP contribution < -0.4 is 11.1 Å². The van der Waals surface area contributed by atoms with Crippen molar-refractivity contribution in [3.8, 4) is 6.07 Å². The summed E-state index contributed by atoms with van der Waals surface area (Å²) >= 11 is 0. The molecule has 0 aliphatic carbocycles. The number of halogens is 2. The Morgan fingerprint density at radius 3 is 2.80 bits per heavy atom. The normalized spacial score (nSPS) is 10.0. The van der Waals surface area contributed by atoms with Gasteiger partial charge in [0.15, 0.2) is 0 Å². The van der Waals surface area contributed by atoms with E-state index in [0.717, 1.165) is 0 Å². The number of hydrogen-bond acceptors (Lipinski definition) is 3. The third kappa shape index (κ3) is 3.43. The second kappa shape index (κ2) is 5.15. The summed E-state index contributed by atoms with van der Waals surface area (Å²) in [5.41, 5.74) is 7.30. The van der Waals surface area contributed by atoms with Gasteiger partial charge in [-0.15, -0.1) is 0 Å². The van der Waals surface area contributed by atoms with E-state index in [2.05, 4.69) is 5.32 Å². The molecule has 0 radical (unpaired) electrons. The first-order valence-electron chi connectivity index (χ1n) is 4.41. The summed E-state index contributed by atoms with van der Waals surface area (Å²) in [7, 11) is 0. The second-order valence-corrected chi connectivity index (χ2v) is 3.02. The summed E-state index contributed by atoms with van der Waals surface area (Å²) in [6.45, 7) is -0.407. The van der Waals surface area contributed by atoms with E-state index < -0.39 is 13.0 Å². The van der Waals surface area contributed by atoms with Crippen molar-refractivity contribution in [1.82, 2.24) is 0 Å². The molecule has 0 aromatic heterocycles. The SMILES string of the molecule is N#CCc1cc(NCC(F)F)ccc1N. The van der Waals surface area contributed by atoms with Crippen molar-refractivity contribution in [2.75, 3.05) is 17.6 Å². The van der Waals surface area contributed by atoms with Crippen molar-refractivity contribution < 1.29 is 8.78 Å². The maximum atomic E-state index is 11.9. The Labute approximate surface area is 86.5 Å². The average molecular weight is 211 g/mol. The zero-order chi connectivity index (χ0) is 11.3. The number of nitrogen functional groups attached to an aromatic ring is 1. The number of nitrogens with zero attached hydrogens (tertiary/aromatic N) is 1. The summed E-state index contributed by atoms with van der Waals surface area (Å²) in [5, 5.41) is 11.1. The lowest BCUT2D eigenvalue weighted by molar-refractivity contribution is 0.163. The number of nitriles is 1. The van der Waals surface area contributed by atoms with Crippen LogP contribution in [0, 0.1) is 11.3 Å². The number of anilines is 2. The van der Waals surface area contributed by atoms with Crippen LogP contribution in [0.3, 0.4) is 0 Å². The highest BCUT2D eigenvalue weighted by Crippen LogP contribution is 2.18. The number of alkyl halides is 2. The molecule has 0 saturated carbocycles. The molecule has 0 amide bonds. The van der Waals surface area contributed by atoms with Gasteiger partial charge >= 0.3 is 0 Å². The molecule has 0 atom stereocenters. The fourth-order valence-electron chi connectivity index (χ4n) is 1.15. The first-order valence-corrected chi connectivity index (χ1v) is 4.41. The van der Waals surface area contributed by atoms with Gasteiger partial charge in [0, 0.05) is 11.4 Å². The van der Waals surface area contributed by atoms with Crippen LogP contribution in [0.4, 0.5) is 20.2 Å². The number of nitrogens with two attached hydrogens (primary N) is 1. The van der Waals surface area contributed by atoms with Gasteiger partial charge in [-0.25, -0.2) is 8.78 Å². The summed E-state index contributed by atoms with van der Waals surface area (Å²) < 4.78 is 23.8. The minimum atomic E-state index is -2.40. The van der Waals surface area contributed by atoms with Crippen molar-refractivity contribution in [3.05, 3.63) is 23.8 Å². The lowest BCUT2D eigenvalue weighted by atomic mass is 10.1. The van der Waals surface area contributed by atoms with Gasteiger partial charge in [-0.2, -0.15) is 5.26 Å². The van der Waals surface area contributed by atoms with Crippen molar-refractivity contribution >= 4 is 11.4 Å². The Morgan fingerprint density at radius 1 is 1.47 bits per heavy atom. The molecule has 0 bridgehead atoms. The van der Waals surface area contributed by atoms with Gasteiger partial charge in [-0.3, -0.25) is 0 Å². The van der Waals surface area contributed by atoms with Gasteiger partial charge in [0.1, 0.15) is 0 Å². The monoisotopic (exact) mass is 211 g/mol. The van der Waals surface area contributed by atoms with Gasteiger partial charge in [0.05, 0.1) is 19.0 Å². The molecule has 0 aliphatic heterocycles. The Balaban J connectivity index is 2.74. The molecule has 1 rings (SSSR count). The van der Waals surface area contributed by atoms with Crippen molar-refractivity contribution in [2.24, 2.45) is 0 Å². The third-order valence-corrected chi connectivity index (χ3v) is 1.87. The van der Waals surface area contributed by atoms with E-state index in [1.54, 1.807) is 18.2 Å². The second-order valence-electron chi connectivity index (χ2n) is 3.02. The van der Waals surface area contributed by atoms with Crippen LogP contribution in [0.15, 0.2) is 18.2 Å². The van der Waals surface area contributed by atoms with E-state index in [9.17, 15) is 8.78 Å². The Kier molecular flexibility index (Phi) is 3.86. The molecule has 0 fully saturated rings. The molecular formula is C10H11F2N3. The summed E-state index contributed by atoms with van der Waals surface area (Å²) in [6, 6.07) is 6.78. The van der Waals surface area contributed by atoms with Crippen LogP contribution in [0.2, 0.25) is 0 Å². The summed E-state index contributed by atoms with van der Waals surface area (Å²) in [5.74, 6) is 0. The van der Waals surface area contributed by atoms with E-state index >= 15 is 0 Å². The Morgan fingerprint density at radius 2 is 2.20 bits per heavy atom. The molecule has 3 nitrogen and oxygen atoms in total. The molecule has 1 aromatic carbocycles. The smallest absolute Gasteiger partial charge is 0.255 e. The highest BCUT2D eigenvalue weighted by molar-refractivity contribution is 5.58. The largest absolute Gasteiger partial charge is 0.398 e. The molecular weight excluding hydrogens is 200 g/mol. The maximum absolute atomic E-state index is 11.9. The summed E-state index contributed by atoms with van der Waals surface area (Å²) in [6.07, 6.45) is -2.22. The van der Waals surface area contributed by atoms with Crippen LogP contribution in [-0.2, 0) is 6.42 Å². The lowest BCUT2D eigenvalue weighted by Crippen LogP contribution is -2.10. The molecule has 5 heteroatoms. The first-order chi connectivity index (χ1) is 7.13. The molecule has 0 unspecified atom stereocenters. The minimum absolute atomic E-state index is 0.177. The van der Waals surface area contributed by atoms with Crippen molar-refractivity contribution in [2.45, 2.75) is 12.8 Å². The topological polar surface area (TPSA) is 61.8 Å². The van der Waals surface area contributed by atoms with Crippen LogP contribution in [0.25, 0.3) is 0 Å². The number of nitrogens with one attached hydrogen (secondary N) is 1. The van der Waals surface area contributed by atoms with Gasteiger partial charge in [-0.1, -0.05) is 0 Å². The minimum Gasteiger partial charge on any atom is -0.398 e. The fourth-order valence-corrected chi connectivity index (χ4v) is 1.15. The zero-order valence-electron chi connectivity index (χ0n) is 8.00. The molecule has 80 valence electrons. The highest BCUT2D eigenvalue weighted by atomic mass is 19.3. The lowest BCUT2D eigenvalue weighted by Gasteiger charge is -2.08. The molecule has 3 N–H and O–H groups in total. The fraction of sp³-hybridized carbons (Fsp3) is 0.300. The van der Waals surface area contributed by atoms with Gasteiger partial charge in [0.25, 0.3) is 6.43 Å². The van der Waals surface area contributed by atoms with Gasteiger partial charge in [0.2, 0.25) is 0 Å². The molecule has 1 aromatic rings. The van der Waals surface area contributed by atoms with Crippen LogP contribution >= 0.6 is 0 Å². The van der Waals surface area contributed by atoms with Crippen molar-refractivity contribution in [1.29, 1.82) is 5.26 Å². The standard InChI is InChI=1S/C10H11F2N3/c11-10(12)6-15-8-1-2-9(14)7(5-8)3-4-13/h1-2,5,10,15H,3,6,14H2. The maximum Gasteiger partial charge on any atom is 0.255 e. The van der Waals surface area contributed by atoms with E-state index in [0.29, 0.717) is 16.9 Å². The van der Waals surface area contributed by atoms with Gasteiger partial charge < -0.3 is 11.1 Å². The Hall–Kier alpha value is -1.83. The van der Waals surface area contributed by atoms with Crippen LogP contribution in [0.1, 0.15) is 5.56 Å². The number of rotatable bonds is 4. The number of hydrogen-bond donors (Lipinski definition) is 2.